The van der Waals surface area contributed by atoms with Crippen LogP contribution in [0.25, 0.3) is 0 Å². The Morgan fingerprint density at radius 2 is 1.63 bits per heavy atom. The highest BCUT2D eigenvalue weighted by atomic mass is 16.2. The summed E-state index contributed by atoms with van der Waals surface area (Å²) in [5.74, 6) is 0.0298. The molecule has 2 aromatic rings. The Morgan fingerprint density at radius 1 is 1.05 bits per heavy atom. The maximum atomic E-state index is 12.0. The van der Waals surface area contributed by atoms with Crippen LogP contribution in [-0.4, -0.2) is 11.9 Å². The van der Waals surface area contributed by atoms with Gasteiger partial charge < -0.3 is 10.6 Å². The summed E-state index contributed by atoms with van der Waals surface area (Å²) in [7, 11) is 0. The lowest BCUT2D eigenvalue weighted by molar-refractivity contribution is -0.688. The van der Waals surface area contributed by atoms with E-state index >= 15 is 0 Å². The van der Waals surface area contributed by atoms with E-state index in [4.69, 9.17) is 0 Å². The van der Waals surface area contributed by atoms with Gasteiger partial charge in [0.15, 0.2) is 6.04 Å². The predicted octanol–water partition coefficient (Wildman–Crippen LogP) is 1.78. The summed E-state index contributed by atoms with van der Waals surface area (Å²) in [6.45, 7) is 2.73. The molecule has 0 unspecified atom stereocenters. The van der Waals surface area contributed by atoms with Crippen LogP contribution in [-0.2, 0) is 11.3 Å². The van der Waals surface area contributed by atoms with Crippen molar-refractivity contribution in [3.8, 4) is 0 Å². The first-order valence-electron chi connectivity index (χ1n) is 6.49. The molecule has 3 nitrogen and oxygen atoms in total. The molecule has 0 aliphatic rings. The Balaban J connectivity index is 1.83. The minimum absolute atomic E-state index is 0.0298. The summed E-state index contributed by atoms with van der Waals surface area (Å²) in [4.78, 5) is 12.0. The third-order valence-electron chi connectivity index (χ3n) is 3.00. The largest absolute Gasteiger partial charge is 0.333 e. The smallest absolute Gasteiger partial charge is 0.282 e. The molecule has 0 fully saturated rings. The topological polar surface area (TPSA) is 45.7 Å². The van der Waals surface area contributed by atoms with E-state index in [0.29, 0.717) is 0 Å². The SMILES string of the molecule is C[C@@H]([NH2+]Cc1ccccc1)C(=O)Nc1ccccc1. The molecule has 3 N–H and O–H groups in total. The molecule has 0 radical (unpaired) electrons. The summed E-state index contributed by atoms with van der Waals surface area (Å²) in [5, 5.41) is 4.94. The highest BCUT2D eigenvalue weighted by molar-refractivity contribution is 5.93. The lowest BCUT2D eigenvalue weighted by atomic mass is 10.2. The number of carbonyl (C=O) groups is 1. The van der Waals surface area contributed by atoms with Gasteiger partial charge >= 0.3 is 0 Å². The molecule has 0 saturated carbocycles. The van der Waals surface area contributed by atoms with E-state index in [-0.39, 0.29) is 11.9 Å². The van der Waals surface area contributed by atoms with Crippen molar-refractivity contribution >= 4 is 11.6 Å². The second kappa shape index (κ2) is 6.71. The number of quaternary nitrogens is 1. The van der Waals surface area contributed by atoms with E-state index in [2.05, 4.69) is 17.4 Å². The van der Waals surface area contributed by atoms with E-state index in [1.54, 1.807) is 0 Å². The van der Waals surface area contributed by atoms with Crippen molar-refractivity contribution in [3.63, 3.8) is 0 Å². The van der Waals surface area contributed by atoms with E-state index in [0.717, 1.165) is 12.2 Å². The fourth-order valence-electron chi connectivity index (χ4n) is 1.81. The van der Waals surface area contributed by atoms with E-state index in [9.17, 15) is 4.79 Å². The number of para-hydroxylation sites is 1. The maximum Gasteiger partial charge on any atom is 0.282 e. The summed E-state index contributed by atoms with van der Waals surface area (Å²) in [6, 6.07) is 19.6. The fourth-order valence-corrected chi connectivity index (χ4v) is 1.81. The first-order valence-corrected chi connectivity index (χ1v) is 6.49. The number of nitrogens with one attached hydrogen (secondary N) is 1. The molecule has 0 aliphatic heterocycles. The number of benzene rings is 2. The zero-order valence-corrected chi connectivity index (χ0v) is 11.0. The van der Waals surface area contributed by atoms with Gasteiger partial charge in [0.2, 0.25) is 0 Å². The van der Waals surface area contributed by atoms with Crippen LogP contribution >= 0.6 is 0 Å². The molecular weight excluding hydrogens is 236 g/mol. The molecule has 3 heteroatoms. The molecule has 0 aromatic heterocycles. The standard InChI is InChI=1S/C16H18N2O/c1-13(17-12-14-8-4-2-5-9-14)16(19)18-15-10-6-3-7-11-15/h2-11,13,17H,12H2,1H3,(H,18,19)/p+1/t13-/m1/s1. The maximum absolute atomic E-state index is 12.0. The number of rotatable bonds is 5. The molecule has 0 bridgehead atoms. The van der Waals surface area contributed by atoms with Gasteiger partial charge in [-0.15, -0.1) is 0 Å². The lowest BCUT2D eigenvalue weighted by Crippen LogP contribution is -2.90. The average molecular weight is 255 g/mol. The highest BCUT2D eigenvalue weighted by Crippen LogP contribution is 2.04. The molecule has 0 aliphatic carbocycles. The van der Waals surface area contributed by atoms with Crippen molar-refractivity contribution in [3.05, 3.63) is 66.2 Å². The Bertz CT molecular complexity index is 511. The normalized spacial score (nSPS) is 11.8. The van der Waals surface area contributed by atoms with Crippen LogP contribution in [0, 0.1) is 0 Å². The number of carbonyl (C=O) groups excluding carboxylic acids is 1. The number of anilines is 1. The molecule has 2 aromatic carbocycles. The Morgan fingerprint density at radius 3 is 2.26 bits per heavy atom. The molecule has 19 heavy (non-hydrogen) atoms. The van der Waals surface area contributed by atoms with Crippen molar-refractivity contribution in [1.29, 1.82) is 0 Å². The number of hydrogen-bond acceptors (Lipinski definition) is 1. The van der Waals surface area contributed by atoms with Crippen molar-refractivity contribution in [2.24, 2.45) is 0 Å². The van der Waals surface area contributed by atoms with Crippen LogP contribution < -0.4 is 10.6 Å². The van der Waals surface area contributed by atoms with E-state index < -0.39 is 0 Å². The van der Waals surface area contributed by atoms with Gasteiger partial charge in [0.1, 0.15) is 6.54 Å². The number of hydrogen-bond donors (Lipinski definition) is 2. The first-order chi connectivity index (χ1) is 9.25. The van der Waals surface area contributed by atoms with Gasteiger partial charge in [-0.25, -0.2) is 0 Å². The second-order valence-corrected chi connectivity index (χ2v) is 4.57. The van der Waals surface area contributed by atoms with Crippen molar-refractivity contribution in [2.45, 2.75) is 19.5 Å². The highest BCUT2D eigenvalue weighted by Gasteiger charge is 2.15. The molecule has 1 atom stereocenters. The van der Waals surface area contributed by atoms with Crippen molar-refractivity contribution in [1.82, 2.24) is 0 Å². The molecule has 1 amide bonds. The molecular formula is C16H19N2O+. The van der Waals surface area contributed by atoms with Gasteiger partial charge in [0.25, 0.3) is 5.91 Å². The van der Waals surface area contributed by atoms with Crippen molar-refractivity contribution < 1.29 is 10.1 Å². The third-order valence-corrected chi connectivity index (χ3v) is 3.00. The van der Waals surface area contributed by atoms with E-state index in [1.165, 1.54) is 5.56 Å². The van der Waals surface area contributed by atoms with Gasteiger partial charge in [0.05, 0.1) is 0 Å². The van der Waals surface area contributed by atoms with Crippen LogP contribution in [0.1, 0.15) is 12.5 Å². The first kappa shape index (κ1) is 13.3. The summed E-state index contributed by atoms with van der Waals surface area (Å²) in [6.07, 6.45) is 0. The Hall–Kier alpha value is -2.13. The van der Waals surface area contributed by atoms with E-state index in [1.807, 2.05) is 60.8 Å². The molecule has 0 heterocycles. The van der Waals surface area contributed by atoms with Crippen LogP contribution in [0.2, 0.25) is 0 Å². The molecule has 98 valence electrons. The Kier molecular flexibility index (Phi) is 4.70. The van der Waals surface area contributed by atoms with Crippen LogP contribution in [0.3, 0.4) is 0 Å². The quantitative estimate of drug-likeness (QED) is 0.840. The molecule has 2 rings (SSSR count). The van der Waals surface area contributed by atoms with Gasteiger partial charge in [-0.2, -0.15) is 0 Å². The van der Waals surface area contributed by atoms with Gasteiger partial charge in [-0.3, -0.25) is 4.79 Å². The van der Waals surface area contributed by atoms with Gasteiger partial charge in [-0.1, -0.05) is 48.5 Å². The molecule has 0 spiro atoms. The third kappa shape index (κ3) is 4.23. The number of amides is 1. The van der Waals surface area contributed by atoms with Crippen molar-refractivity contribution in [2.75, 3.05) is 5.32 Å². The summed E-state index contributed by atoms with van der Waals surface area (Å²) >= 11 is 0. The monoisotopic (exact) mass is 255 g/mol. The minimum atomic E-state index is -0.111. The number of nitrogens with two attached hydrogens (primary N) is 1. The van der Waals surface area contributed by atoms with Crippen LogP contribution in [0.4, 0.5) is 5.69 Å². The summed E-state index contributed by atoms with van der Waals surface area (Å²) in [5.41, 5.74) is 2.06. The van der Waals surface area contributed by atoms with Gasteiger partial charge in [0, 0.05) is 11.3 Å². The minimum Gasteiger partial charge on any atom is -0.333 e. The zero-order chi connectivity index (χ0) is 13.5. The molecule has 0 saturated heterocycles. The van der Waals surface area contributed by atoms with Crippen LogP contribution in [0.5, 0.6) is 0 Å². The Labute approximate surface area is 113 Å². The zero-order valence-electron chi connectivity index (χ0n) is 11.0. The predicted molar refractivity (Wildman–Crippen MR) is 76.6 cm³/mol. The summed E-state index contributed by atoms with van der Waals surface area (Å²) < 4.78 is 0. The average Bonchev–Trinajstić information content (AvgIpc) is 2.47. The van der Waals surface area contributed by atoms with Crippen LogP contribution in [0.15, 0.2) is 60.7 Å². The second-order valence-electron chi connectivity index (χ2n) is 4.57. The van der Waals surface area contributed by atoms with Gasteiger partial charge in [-0.05, 0) is 19.1 Å². The fraction of sp³-hybridized carbons (Fsp3) is 0.188. The lowest BCUT2D eigenvalue weighted by Gasteiger charge is -2.11.